The molecule has 0 saturated carbocycles. The summed E-state index contributed by atoms with van der Waals surface area (Å²) < 4.78 is 0. The van der Waals surface area contributed by atoms with Crippen LogP contribution in [-0.4, -0.2) is 34.8 Å². The second-order valence-electron chi connectivity index (χ2n) is 7.17. The summed E-state index contributed by atoms with van der Waals surface area (Å²) in [4.78, 5) is 32.4. The van der Waals surface area contributed by atoms with Crippen molar-refractivity contribution in [2.24, 2.45) is 11.7 Å². The number of carbonyl (C=O) groups is 2. The van der Waals surface area contributed by atoms with E-state index in [1.165, 1.54) is 11.3 Å². The molecule has 1 aromatic heterocycles. The number of likely N-dealkylation sites (tertiary alicyclic amines) is 1. The summed E-state index contributed by atoms with van der Waals surface area (Å²) in [5.74, 6) is -0.253. The van der Waals surface area contributed by atoms with E-state index in [4.69, 9.17) is 10.7 Å². The molecule has 7 heteroatoms. The largest absolute Gasteiger partial charge is 0.369 e. The highest BCUT2D eigenvalue weighted by Gasteiger charge is 2.25. The quantitative estimate of drug-likeness (QED) is 0.856. The number of benzene rings is 1. The number of piperidine rings is 1. The Morgan fingerprint density at radius 2 is 1.89 bits per heavy atom. The molecule has 0 spiro atoms. The highest BCUT2D eigenvalue weighted by molar-refractivity contribution is 7.14. The molecule has 1 fully saturated rings. The summed E-state index contributed by atoms with van der Waals surface area (Å²) in [6, 6.07) is 6.01. The zero-order valence-electron chi connectivity index (χ0n) is 16.1. The van der Waals surface area contributed by atoms with Crippen molar-refractivity contribution < 1.29 is 9.59 Å². The van der Waals surface area contributed by atoms with Crippen LogP contribution in [0.3, 0.4) is 0 Å². The van der Waals surface area contributed by atoms with Gasteiger partial charge in [-0.15, -0.1) is 11.3 Å². The average Bonchev–Trinajstić information content (AvgIpc) is 3.06. The molecule has 27 heavy (non-hydrogen) atoms. The fourth-order valence-electron chi connectivity index (χ4n) is 3.62. The van der Waals surface area contributed by atoms with E-state index in [2.05, 4.69) is 4.90 Å². The maximum absolute atomic E-state index is 12.4. The van der Waals surface area contributed by atoms with Gasteiger partial charge in [-0.25, -0.2) is 4.98 Å². The van der Waals surface area contributed by atoms with Crippen molar-refractivity contribution in [2.75, 3.05) is 18.0 Å². The normalized spacial score (nSPS) is 15.7. The lowest BCUT2D eigenvalue weighted by atomic mass is 9.96. The van der Waals surface area contributed by atoms with E-state index in [0.717, 1.165) is 55.0 Å². The number of hydrogen-bond acceptors (Lipinski definition) is 5. The summed E-state index contributed by atoms with van der Waals surface area (Å²) in [5.41, 5.74) is 9.37. The van der Waals surface area contributed by atoms with Gasteiger partial charge >= 0.3 is 0 Å². The van der Waals surface area contributed by atoms with E-state index < -0.39 is 0 Å². The fraction of sp³-hybridized carbons (Fsp3) is 0.450. The van der Waals surface area contributed by atoms with Crippen molar-refractivity contribution in [3.05, 3.63) is 40.4 Å². The molecule has 0 unspecified atom stereocenters. The minimum atomic E-state index is -0.198. The number of carbonyl (C=O) groups excluding carboxylic acids is 2. The first-order valence-electron chi connectivity index (χ1n) is 9.19. The molecule has 2 N–H and O–H groups in total. The van der Waals surface area contributed by atoms with Crippen LogP contribution in [0.4, 0.5) is 10.8 Å². The number of primary amides is 1. The molecule has 2 heterocycles. The summed E-state index contributed by atoms with van der Waals surface area (Å²) >= 11 is 1.49. The number of anilines is 2. The van der Waals surface area contributed by atoms with Gasteiger partial charge in [0.2, 0.25) is 11.8 Å². The third kappa shape index (κ3) is 4.36. The Morgan fingerprint density at radius 3 is 2.44 bits per heavy atom. The Balaban J connectivity index is 1.76. The highest BCUT2D eigenvalue weighted by atomic mass is 32.1. The molecule has 1 aliphatic heterocycles. The lowest BCUT2D eigenvalue weighted by molar-refractivity contribution is -0.123. The maximum atomic E-state index is 12.4. The Hall–Kier alpha value is -2.25. The monoisotopic (exact) mass is 386 g/mol. The Labute approximate surface area is 164 Å². The smallest absolute Gasteiger partial charge is 0.230 e. The van der Waals surface area contributed by atoms with E-state index in [-0.39, 0.29) is 17.7 Å². The number of amides is 2. The molecule has 0 radical (unpaired) electrons. The minimum Gasteiger partial charge on any atom is -0.369 e. The van der Waals surface area contributed by atoms with Gasteiger partial charge in [0.15, 0.2) is 5.13 Å². The standard InChI is InChI=1S/C20H26N4O2S/c1-13-5-4-6-14(2)18(13)24(15(3)25)20-22-17(12-27-20)11-23-9-7-16(8-10-23)19(21)26/h4-6,12,16H,7-11H2,1-3H3,(H2,21,26). The van der Waals surface area contributed by atoms with Crippen LogP contribution < -0.4 is 10.6 Å². The Kier molecular flexibility index (Phi) is 5.92. The first kappa shape index (κ1) is 19.5. The summed E-state index contributed by atoms with van der Waals surface area (Å²) in [7, 11) is 0. The van der Waals surface area contributed by atoms with Gasteiger partial charge < -0.3 is 5.73 Å². The van der Waals surface area contributed by atoms with Crippen molar-refractivity contribution in [1.29, 1.82) is 0 Å². The first-order valence-corrected chi connectivity index (χ1v) is 10.1. The van der Waals surface area contributed by atoms with Crippen LogP contribution in [0, 0.1) is 19.8 Å². The van der Waals surface area contributed by atoms with Crippen molar-refractivity contribution in [3.8, 4) is 0 Å². The SMILES string of the molecule is CC(=O)N(c1nc(CN2CCC(C(N)=O)CC2)cs1)c1c(C)cccc1C. The van der Waals surface area contributed by atoms with Crippen molar-refractivity contribution >= 4 is 34.0 Å². The molecular formula is C20H26N4O2S. The fourth-order valence-corrected chi connectivity index (χ4v) is 4.49. The lowest BCUT2D eigenvalue weighted by Crippen LogP contribution is -2.38. The van der Waals surface area contributed by atoms with Gasteiger partial charge in [0.1, 0.15) is 0 Å². The Bertz CT molecular complexity index is 820. The number of nitrogens with zero attached hydrogens (tertiary/aromatic N) is 3. The van der Waals surface area contributed by atoms with Crippen LogP contribution in [0.25, 0.3) is 0 Å². The van der Waals surface area contributed by atoms with Crippen molar-refractivity contribution in [2.45, 2.75) is 40.2 Å². The zero-order chi connectivity index (χ0) is 19.6. The molecule has 2 aromatic rings. The number of aromatic nitrogens is 1. The summed E-state index contributed by atoms with van der Waals surface area (Å²) in [6.07, 6.45) is 1.60. The number of para-hydroxylation sites is 1. The molecule has 2 amide bonds. The van der Waals surface area contributed by atoms with Crippen LogP contribution in [0.15, 0.2) is 23.6 Å². The third-order valence-corrected chi connectivity index (χ3v) is 5.96. The van der Waals surface area contributed by atoms with E-state index in [0.29, 0.717) is 5.13 Å². The average molecular weight is 387 g/mol. The number of nitrogens with two attached hydrogens (primary N) is 1. The molecule has 1 aromatic carbocycles. The van der Waals surface area contributed by atoms with Gasteiger partial charge in [-0.1, -0.05) is 18.2 Å². The second-order valence-corrected chi connectivity index (χ2v) is 8.01. The van der Waals surface area contributed by atoms with Crippen LogP contribution >= 0.6 is 11.3 Å². The molecular weight excluding hydrogens is 360 g/mol. The molecule has 1 aliphatic rings. The summed E-state index contributed by atoms with van der Waals surface area (Å²) in [5, 5.41) is 2.71. The lowest BCUT2D eigenvalue weighted by Gasteiger charge is -2.29. The van der Waals surface area contributed by atoms with Gasteiger partial charge in [-0.2, -0.15) is 0 Å². The van der Waals surface area contributed by atoms with E-state index >= 15 is 0 Å². The molecule has 1 saturated heterocycles. The van der Waals surface area contributed by atoms with Crippen LogP contribution in [-0.2, 0) is 16.1 Å². The van der Waals surface area contributed by atoms with Gasteiger partial charge in [0, 0.05) is 24.8 Å². The minimum absolute atomic E-state index is 0.00974. The van der Waals surface area contributed by atoms with Gasteiger partial charge in [-0.3, -0.25) is 19.4 Å². The van der Waals surface area contributed by atoms with Crippen LogP contribution in [0.2, 0.25) is 0 Å². The van der Waals surface area contributed by atoms with Crippen LogP contribution in [0.5, 0.6) is 0 Å². The van der Waals surface area contributed by atoms with Crippen LogP contribution in [0.1, 0.15) is 36.6 Å². The van der Waals surface area contributed by atoms with E-state index in [1.54, 1.807) is 11.8 Å². The molecule has 3 rings (SSSR count). The van der Waals surface area contributed by atoms with Gasteiger partial charge in [-0.05, 0) is 50.9 Å². The molecule has 0 bridgehead atoms. The van der Waals surface area contributed by atoms with Crippen molar-refractivity contribution in [1.82, 2.24) is 9.88 Å². The topological polar surface area (TPSA) is 79.5 Å². The third-order valence-electron chi connectivity index (χ3n) is 5.08. The highest BCUT2D eigenvalue weighted by Crippen LogP contribution is 2.34. The van der Waals surface area contributed by atoms with Crippen molar-refractivity contribution in [3.63, 3.8) is 0 Å². The first-order chi connectivity index (χ1) is 12.9. The molecule has 0 atom stereocenters. The predicted molar refractivity (Wildman–Crippen MR) is 108 cm³/mol. The van der Waals surface area contributed by atoms with E-state index in [1.807, 2.05) is 37.4 Å². The molecule has 6 nitrogen and oxygen atoms in total. The molecule has 0 aliphatic carbocycles. The van der Waals surface area contributed by atoms with Gasteiger partial charge in [0.05, 0.1) is 11.4 Å². The second kappa shape index (κ2) is 8.19. The Morgan fingerprint density at radius 1 is 1.26 bits per heavy atom. The number of hydrogen-bond donors (Lipinski definition) is 1. The predicted octanol–water partition coefficient (Wildman–Crippen LogP) is 3.14. The number of aryl methyl sites for hydroxylation is 2. The van der Waals surface area contributed by atoms with E-state index in [9.17, 15) is 9.59 Å². The number of rotatable bonds is 5. The zero-order valence-corrected chi connectivity index (χ0v) is 16.9. The maximum Gasteiger partial charge on any atom is 0.230 e. The molecule has 144 valence electrons. The van der Waals surface area contributed by atoms with Gasteiger partial charge in [0.25, 0.3) is 0 Å². The number of thiazole rings is 1. The summed E-state index contributed by atoms with van der Waals surface area (Å²) in [6.45, 7) is 8.00.